The summed E-state index contributed by atoms with van der Waals surface area (Å²) in [6.07, 6.45) is 1.59. The van der Waals surface area contributed by atoms with Gasteiger partial charge < -0.3 is 15.8 Å². The molecule has 1 amide bonds. The molecule has 0 aliphatic heterocycles. The van der Waals surface area contributed by atoms with Crippen LogP contribution in [0.5, 0.6) is 5.88 Å². The van der Waals surface area contributed by atoms with Crippen LogP contribution in [0.3, 0.4) is 0 Å². The van der Waals surface area contributed by atoms with E-state index < -0.39 is 5.54 Å². The zero-order chi connectivity index (χ0) is 11.5. The first-order valence-corrected chi connectivity index (χ1v) is 4.54. The summed E-state index contributed by atoms with van der Waals surface area (Å²) in [6, 6.07) is 3.41. The van der Waals surface area contributed by atoms with Crippen LogP contribution in [0.1, 0.15) is 13.8 Å². The summed E-state index contributed by atoms with van der Waals surface area (Å²) in [6.45, 7) is 3.26. The molecule has 0 spiro atoms. The Labute approximate surface area is 88.6 Å². The molecule has 15 heavy (non-hydrogen) atoms. The minimum absolute atomic E-state index is 0.284. The molecule has 0 aliphatic carbocycles. The monoisotopic (exact) mass is 209 g/mol. The Bertz CT molecular complexity index is 358. The predicted octanol–water partition coefficient (Wildman–Crippen LogP) is 0.766. The van der Waals surface area contributed by atoms with Crippen LogP contribution < -0.4 is 15.8 Å². The highest BCUT2D eigenvalue weighted by atomic mass is 16.5. The molecule has 1 heterocycles. The normalized spacial score (nSPS) is 10.9. The molecular weight excluding hydrogens is 194 g/mol. The first-order valence-electron chi connectivity index (χ1n) is 4.54. The number of rotatable bonds is 3. The molecule has 0 bridgehead atoms. The van der Waals surface area contributed by atoms with E-state index in [4.69, 9.17) is 10.5 Å². The van der Waals surface area contributed by atoms with Crippen molar-refractivity contribution in [3.8, 4) is 5.88 Å². The van der Waals surface area contributed by atoms with E-state index in [1.807, 2.05) is 0 Å². The molecular formula is C10H15N3O2. The van der Waals surface area contributed by atoms with Crippen molar-refractivity contribution in [1.29, 1.82) is 0 Å². The maximum absolute atomic E-state index is 11.6. The molecule has 0 radical (unpaired) electrons. The molecule has 1 aromatic rings. The summed E-state index contributed by atoms with van der Waals surface area (Å²) >= 11 is 0. The Morgan fingerprint density at radius 1 is 1.60 bits per heavy atom. The topological polar surface area (TPSA) is 77.2 Å². The van der Waals surface area contributed by atoms with E-state index in [1.54, 1.807) is 32.2 Å². The molecule has 1 rings (SSSR count). The predicted molar refractivity (Wildman–Crippen MR) is 57.7 cm³/mol. The van der Waals surface area contributed by atoms with Crippen molar-refractivity contribution in [2.24, 2.45) is 5.73 Å². The number of hydrogen-bond donors (Lipinski definition) is 2. The summed E-state index contributed by atoms with van der Waals surface area (Å²) in [5.74, 6) is 0.0869. The highest BCUT2D eigenvalue weighted by Crippen LogP contribution is 2.20. The average molecular weight is 209 g/mol. The largest absolute Gasteiger partial charge is 0.480 e. The lowest BCUT2D eigenvalue weighted by atomic mass is 10.1. The molecule has 5 nitrogen and oxygen atoms in total. The summed E-state index contributed by atoms with van der Waals surface area (Å²) in [5, 5.41) is 2.65. The van der Waals surface area contributed by atoms with Crippen LogP contribution >= 0.6 is 0 Å². The van der Waals surface area contributed by atoms with Crippen molar-refractivity contribution < 1.29 is 9.53 Å². The van der Waals surface area contributed by atoms with E-state index in [-0.39, 0.29) is 5.91 Å². The summed E-state index contributed by atoms with van der Waals surface area (Å²) in [5.41, 5.74) is 5.23. The van der Waals surface area contributed by atoms with Crippen LogP contribution in [0.4, 0.5) is 5.69 Å². The standard InChI is InChI=1S/C10H15N3O2/c1-10(2,11)9(14)13-7-5-4-6-12-8(7)15-3/h4-6H,11H2,1-3H3,(H,13,14). The number of amides is 1. The first-order chi connectivity index (χ1) is 6.95. The molecule has 1 aromatic heterocycles. The highest BCUT2D eigenvalue weighted by Gasteiger charge is 2.22. The number of nitrogens with two attached hydrogens (primary N) is 1. The van der Waals surface area contributed by atoms with Crippen LogP contribution in [0.25, 0.3) is 0 Å². The molecule has 0 atom stereocenters. The van der Waals surface area contributed by atoms with Gasteiger partial charge in [-0.3, -0.25) is 4.79 Å². The van der Waals surface area contributed by atoms with Crippen molar-refractivity contribution in [3.63, 3.8) is 0 Å². The van der Waals surface area contributed by atoms with Crippen LogP contribution in [-0.4, -0.2) is 23.5 Å². The van der Waals surface area contributed by atoms with Crippen LogP contribution in [0, 0.1) is 0 Å². The fourth-order valence-corrected chi connectivity index (χ4v) is 0.932. The maximum Gasteiger partial charge on any atom is 0.244 e. The van der Waals surface area contributed by atoms with Crippen molar-refractivity contribution in [1.82, 2.24) is 4.98 Å². The van der Waals surface area contributed by atoms with Gasteiger partial charge in [0.1, 0.15) is 5.69 Å². The lowest BCUT2D eigenvalue weighted by molar-refractivity contribution is -0.120. The highest BCUT2D eigenvalue weighted by molar-refractivity contribution is 5.98. The zero-order valence-corrected chi connectivity index (χ0v) is 9.07. The van der Waals surface area contributed by atoms with Gasteiger partial charge in [0, 0.05) is 6.20 Å². The van der Waals surface area contributed by atoms with E-state index >= 15 is 0 Å². The summed E-state index contributed by atoms with van der Waals surface area (Å²) < 4.78 is 4.99. The van der Waals surface area contributed by atoms with Crippen LogP contribution in [-0.2, 0) is 4.79 Å². The summed E-state index contributed by atoms with van der Waals surface area (Å²) in [7, 11) is 1.49. The molecule has 5 heteroatoms. The molecule has 82 valence electrons. The third kappa shape index (κ3) is 2.92. The molecule has 3 N–H and O–H groups in total. The second kappa shape index (κ2) is 4.27. The molecule has 0 saturated heterocycles. The Hall–Kier alpha value is -1.62. The Kier molecular flexibility index (Phi) is 3.26. The lowest BCUT2D eigenvalue weighted by Gasteiger charge is -2.18. The van der Waals surface area contributed by atoms with Crippen molar-refractivity contribution in [2.75, 3.05) is 12.4 Å². The molecule has 0 saturated carbocycles. The summed E-state index contributed by atoms with van der Waals surface area (Å²) in [4.78, 5) is 15.5. The number of nitrogens with zero attached hydrogens (tertiary/aromatic N) is 1. The molecule has 0 aromatic carbocycles. The Balaban J connectivity index is 2.85. The fourth-order valence-electron chi connectivity index (χ4n) is 0.932. The van der Waals surface area contributed by atoms with Crippen molar-refractivity contribution >= 4 is 11.6 Å². The van der Waals surface area contributed by atoms with Gasteiger partial charge in [-0.15, -0.1) is 0 Å². The second-order valence-corrected chi connectivity index (χ2v) is 3.74. The fraction of sp³-hybridized carbons (Fsp3) is 0.400. The van der Waals surface area contributed by atoms with Gasteiger partial charge in [0.15, 0.2) is 0 Å². The van der Waals surface area contributed by atoms with E-state index in [1.165, 1.54) is 7.11 Å². The lowest BCUT2D eigenvalue weighted by Crippen LogP contribution is -2.45. The van der Waals surface area contributed by atoms with Gasteiger partial charge in [-0.25, -0.2) is 4.98 Å². The van der Waals surface area contributed by atoms with Crippen LogP contribution in [0.2, 0.25) is 0 Å². The average Bonchev–Trinajstić information content (AvgIpc) is 2.17. The van der Waals surface area contributed by atoms with Gasteiger partial charge >= 0.3 is 0 Å². The van der Waals surface area contributed by atoms with Crippen molar-refractivity contribution in [2.45, 2.75) is 19.4 Å². The second-order valence-electron chi connectivity index (χ2n) is 3.74. The molecule has 0 fully saturated rings. The van der Waals surface area contributed by atoms with Gasteiger partial charge in [0.25, 0.3) is 0 Å². The number of anilines is 1. The zero-order valence-electron chi connectivity index (χ0n) is 9.07. The van der Waals surface area contributed by atoms with E-state index in [9.17, 15) is 4.79 Å². The number of aromatic nitrogens is 1. The minimum Gasteiger partial charge on any atom is -0.480 e. The molecule has 0 aliphatic rings. The maximum atomic E-state index is 11.6. The van der Waals surface area contributed by atoms with Gasteiger partial charge in [0.05, 0.1) is 12.6 Å². The van der Waals surface area contributed by atoms with E-state index in [2.05, 4.69) is 10.3 Å². The van der Waals surface area contributed by atoms with Crippen LogP contribution in [0.15, 0.2) is 18.3 Å². The number of carbonyl (C=O) groups excluding carboxylic acids is 1. The van der Waals surface area contributed by atoms with Gasteiger partial charge in [-0.2, -0.15) is 0 Å². The number of nitrogens with one attached hydrogen (secondary N) is 1. The van der Waals surface area contributed by atoms with E-state index in [0.29, 0.717) is 11.6 Å². The Morgan fingerprint density at radius 2 is 2.27 bits per heavy atom. The number of pyridine rings is 1. The third-order valence-corrected chi connectivity index (χ3v) is 1.80. The number of carbonyl (C=O) groups is 1. The quantitative estimate of drug-likeness (QED) is 0.770. The SMILES string of the molecule is COc1ncccc1NC(=O)C(C)(C)N. The Morgan fingerprint density at radius 3 is 2.80 bits per heavy atom. The first kappa shape index (κ1) is 11.5. The smallest absolute Gasteiger partial charge is 0.244 e. The van der Waals surface area contributed by atoms with Gasteiger partial charge in [-0.05, 0) is 26.0 Å². The minimum atomic E-state index is -0.930. The number of methoxy groups -OCH3 is 1. The van der Waals surface area contributed by atoms with Crippen molar-refractivity contribution in [3.05, 3.63) is 18.3 Å². The third-order valence-electron chi connectivity index (χ3n) is 1.80. The van der Waals surface area contributed by atoms with Gasteiger partial charge in [0.2, 0.25) is 11.8 Å². The molecule has 0 unspecified atom stereocenters. The van der Waals surface area contributed by atoms with E-state index in [0.717, 1.165) is 0 Å². The van der Waals surface area contributed by atoms with Gasteiger partial charge in [-0.1, -0.05) is 0 Å². The number of ether oxygens (including phenoxy) is 1. The number of hydrogen-bond acceptors (Lipinski definition) is 4.